The van der Waals surface area contributed by atoms with Crippen molar-refractivity contribution in [3.8, 4) is 0 Å². The standard InChI is InChI=1S/C9H12N2O4/c10-8(9(12)13)5-6-1-3-7(4-2-6)11(14)15/h1-4,8,11,14H,5,10H2,(H,12,13)/t8-/m1/s1. The van der Waals surface area contributed by atoms with Crippen molar-refractivity contribution in [3.63, 3.8) is 0 Å². The summed E-state index contributed by atoms with van der Waals surface area (Å²) in [5.41, 5.74) is 6.20. The van der Waals surface area contributed by atoms with E-state index in [1.807, 2.05) is 0 Å². The van der Waals surface area contributed by atoms with Gasteiger partial charge in [-0.15, -0.1) is 0 Å². The minimum atomic E-state index is -1.07. The van der Waals surface area contributed by atoms with E-state index >= 15 is 0 Å². The summed E-state index contributed by atoms with van der Waals surface area (Å²) in [6.07, 6.45) is 0.190. The first-order valence-electron chi connectivity index (χ1n) is 4.31. The summed E-state index contributed by atoms with van der Waals surface area (Å²) < 4.78 is 0. The van der Waals surface area contributed by atoms with Gasteiger partial charge in [0.1, 0.15) is 6.04 Å². The highest BCUT2D eigenvalue weighted by Crippen LogP contribution is 2.07. The van der Waals surface area contributed by atoms with Crippen LogP contribution in [0.15, 0.2) is 24.3 Å². The molecule has 1 rings (SSSR count). The average Bonchev–Trinajstić information content (AvgIpc) is 2.18. The molecule has 0 aliphatic heterocycles. The first-order chi connectivity index (χ1) is 7.00. The van der Waals surface area contributed by atoms with Crippen molar-refractivity contribution < 1.29 is 20.3 Å². The van der Waals surface area contributed by atoms with E-state index in [0.717, 1.165) is 0 Å². The molecule has 0 saturated carbocycles. The SMILES string of the molecule is N[C@H](Cc1ccc([NH+]([O-])O)cc1)C(=O)O. The summed E-state index contributed by atoms with van der Waals surface area (Å²) in [4.78, 5) is 10.5. The van der Waals surface area contributed by atoms with Crippen molar-refractivity contribution >= 4 is 11.7 Å². The number of carbonyl (C=O) groups is 1. The number of nitrogens with one attached hydrogen (secondary N) is 1. The van der Waals surface area contributed by atoms with Gasteiger partial charge in [-0.05, 0) is 12.0 Å². The van der Waals surface area contributed by atoms with Crippen LogP contribution in [-0.4, -0.2) is 22.3 Å². The van der Waals surface area contributed by atoms with Gasteiger partial charge in [0.2, 0.25) is 0 Å². The molecule has 0 radical (unpaired) electrons. The maximum Gasteiger partial charge on any atom is 0.320 e. The van der Waals surface area contributed by atoms with Gasteiger partial charge in [0.25, 0.3) is 0 Å². The number of rotatable bonds is 4. The number of benzene rings is 1. The van der Waals surface area contributed by atoms with Crippen molar-refractivity contribution in [2.45, 2.75) is 12.5 Å². The van der Waals surface area contributed by atoms with Crippen molar-refractivity contribution in [1.82, 2.24) is 0 Å². The molecule has 0 aliphatic carbocycles. The molecule has 0 aliphatic rings. The number of hydrogen-bond donors (Lipinski definition) is 4. The van der Waals surface area contributed by atoms with Gasteiger partial charge in [0.05, 0.1) is 0 Å². The zero-order valence-corrected chi connectivity index (χ0v) is 7.88. The van der Waals surface area contributed by atoms with E-state index in [4.69, 9.17) is 16.0 Å². The molecule has 0 amide bonds. The number of quaternary nitrogens is 1. The first-order valence-corrected chi connectivity index (χ1v) is 4.31. The number of carboxylic acids is 1. The van der Waals surface area contributed by atoms with Gasteiger partial charge in [0.15, 0.2) is 5.69 Å². The lowest BCUT2D eigenvalue weighted by molar-refractivity contribution is -0.991. The molecule has 15 heavy (non-hydrogen) atoms. The number of hydrogen-bond acceptors (Lipinski definition) is 4. The molecule has 1 unspecified atom stereocenters. The molecule has 0 saturated heterocycles. The Morgan fingerprint density at radius 1 is 1.47 bits per heavy atom. The Labute approximate surface area is 86.1 Å². The number of carboxylic acid groups (broad SMARTS) is 1. The third-order valence-corrected chi connectivity index (χ3v) is 1.97. The van der Waals surface area contributed by atoms with Crippen LogP contribution in [0.1, 0.15) is 5.56 Å². The Morgan fingerprint density at radius 2 is 2.00 bits per heavy atom. The van der Waals surface area contributed by atoms with Crippen molar-refractivity contribution in [2.24, 2.45) is 5.73 Å². The van der Waals surface area contributed by atoms with Crippen LogP contribution in [0.4, 0.5) is 5.69 Å². The van der Waals surface area contributed by atoms with Crippen LogP contribution in [0.2, 0.25) is 0 Å². The molecule has 0 aromatic heterocycles. The topological polar surface area (TPSA) is 111 Å². The summed E-state index contributed by atoms with van der Waals surface area (Å²) in [6.45, 7) is 0. The lowest BCUT2D eigenvalue weighted by Crippen LogP contribution is -2.99. The average molecular weight is 212 g/mol. The molecular weight excluding hydrogens is 200 g/mol. The van der Waals surface area contributed by atoms with Gasteiger partial charge in [-0.2, -0.15) is 5.23 Å². The van der Waals surface area contributed by atoms with Gasteiger partial charge < -0.3 is 16.0 Å². The van der Waals surface area contributed by atoms with Gasteiger partial charge in [0, 0.05) is 12.1 Å². The molecule has 6 nitrogen and oxygen atoms in total. The van der Waals surface area contributed by atoms with E-state index in [0.29, 0.717) is 5.56 Å². The fourth-order valence-corrected chi connectivity index (χ4v) is 1.12. The molecule has 0 bridgehead atoms. The first kappa shape index (κ1) is 11.6. The summed E-state index contributed by atoms with van der Waals surface area (Å²) >= 11 is 0. The zero-order valence-electron chi connectivity index (χ0n) is 7.88. The van der Waals surface area contributed by atoms with Crippen LogP contribution >= 0.6 is 0 Å². The normalized spacial score (nSPS) is 14.6. The monoisotopic (exact) mass is 212 g/mol. The van der Waals surface area contributed by atoms with E-state index in [-0.39, 0.29) is 12.1 Å². The molecule has 0 heterocycles. The number of nitrogens with two attached hydrogens (primary N) is 1. The van der Waals surface area contributed by atoms with Gasteiger partial charge in [-0.25, -0.2) is 5.21 Å². The van der Waals surface area contributed by atoms with Crippen LogP contribution in [0.25, 0.3) is 0 Å². The maximum absolute atomic E-state index is 10.5. The van der Waals surface area contributed by atoms with Gasteiger partial charge in [-0.3, -0.25) is 4.79 Å². The third kappa shape index (κ3) is 3.30. The highest BCUT2D eigenvalue weighted by Gasteiger charge is 2.12. The second-order valence-electron chi connectivity index (χ2n) is 3.15. The minimum absolute atomic E-state index is 0.169. The summed E-state index contributed by atoms with van der Waals surface area (Å²) in [5, 5.41) is 26.7. The third-order valence-electron chi connectivity index (χ3n) is 1.97. The minimum Gasteiger partial charge on any atom is -0.595 e. The van der Waals surface area contributed by atoms with E-state index in [2.05, 4.69) is 0 Å². The van der Waals surface area contributed by atoms with E-state index < -0.39 is 17.2 Å². The lowest BCUT2D eigenvalue weighted by Gasteiger charge is -2.12. The predicted octanol–water partition coefficient (Wildman–Crippen LogP) is -0.956. The Kier molecular flexibility index (Phi) is 3.75. The Balaban J connectivity index is 2.68. The largest absolute Gasteiger partial charge is 0.595 e. The van der Waals surface area contributed by atoms with Crippen LogP contribution in [0.5, 0.6) is 0 Å². The van der Waals surface area contributed by atoms with E-state index in [1.165, 1.54) is 12.1 Å². The Bertz CT molecular complexity index is 336. The summed E-state index contributed by atoms with van der Waals surface area (Å²) in [5.74, 6) is -1.07. The fraction of sp³-hybridized carbons (Fsp3) is 0.222. The second-order valence-corrected chi connectivity index (χ2v) is 3.15. The quantitative estimate of drug-likeness (QED) is 0.480. The van der Waals surface area contributed by atoms with Crippen LogP contribution < -0.4 is 11.0 Å². The highest BCUT2D eigenvalue weighted by atomic mass is 16.8. The molecule has 1 aromatic carbocycles. The Morgan fingerprint density at radius 3 is 2.40 bits per heavy atom. The van der Waals surface area contributed by atoms with Crippen LogP contribution in [0, 0.1) is 5.21 Å². The van der Waals surface area contributed by atoms with Gasteiger partial charge >= 0.3 is 5.97 Å². The van der Waals surface area contributed by atoms with Crippen molar-refractivity contribution in [2.75, 3.05) is 0 Å². The molecule has 1 aromatic rings. The molecule has 2 atom stereocenters. The van der Waals surface area contributed by atoms with Gasteiger partial charge in [-0.1, -0.05) is 12.1 Å². The zero-order chi connectivity index (χ0) is 11.4. The van der Waals surface area contributed by atoms with E-state index in [9.17, 15) is 10.0 Å². The number of aliphatic carboxylic acids is 1. The fourth-order valence-electron chi connectivity index (χ4n) is 1.12. The second kappa shape index (κ2) is 4.85. The molecular formula is C9H12N2O4. The predicted molar refractivity (Wildman–Crippen MR) is 51.5 cm³/mol. The summed E-state index contributed by atoms with van der Waals surface area (Å²) in [6, 6.07) is 5.01. The van der Waals surface area contributed by atoms with Crippen molar-refractivity contribution in [1.29, 1.82) is 0 Å². The van der Waals surface area contributed by atoms with Crippen LogP contribution in [-0.2, 0) is 11.2 Å². The van der Waals surface area contributed by atoms with E-state index in [1.54, 1.807) is 12.1 Å². The Hall–Kier alpha value is -1.47. The molecule has 5 N–H and O–H groups in total. The maximum atomic E-state index is 10.5. The summed E-state index contributed by atoms with van der Waals surface area (Å²) in [7, 11) is 0. The lowest BCUT2D eigenvalue weighted by atomic mass is 10.1. The highest BCUT2D eigenvalue weighted by molar-refractivity contribution is 5.73. The molecule has 0 spiro atoms. The van der Waals surface area contributed by atoms with Crippen molar-refractivity contribution in [3.05, 3.63) is 35.0 Å². The molecule has 82 valence electrons. The van der Waals surface area contributed by atoms with Crippen LogP contribution in [0.3, 0.4) is 0 Å². The molecule has 0 fully saturated rings. The smallest absolute Gasteiger partial charge is 0.320 e. The molecule has 6 heteroatoms.